The molecule has 0 aliphatic carbocycles. The fraction of sp³-hybridized carbons (Fsp3) is 0.316. The summed E-state index contributed by atoms with van der Waals surface area (Å²) in [4.78, 5) is 14.4. The van der Waals surface area contributed by atoms with Gasteiger partial charge in [-0.05, 0) is 61.9 Å². The van der Waals surface area contributed by atoms with E-state index in [0.717, 1.165) is 12.6 Å². The van der Waals surface area contributed by atoms with E-state index in [2.05, 4.69) is 10.0 Å². The zero-order valence-corrected chi connectivity index (χ0v) is 17.2. The van der Waals surface area contributed by atoms with Crippen molar-refractivity contribution in [3.8, 4) is 0 Å². The van der Waals surface area contributed by atoms with Crippen molar-refractivity contribution in [2.75, 3.05) is 24.4 Å². The van der Waals surface area contributed by atoms with Crippen LogP contribution in [0.15, 0.2) is 47.4 Å². The highest BCUT2D eigenvalue weighted by molar-refractivity contribution is 7.92. The number of piperazine rings is 1. The molecular formula is C19H23ClFN3O3S. The lowest BCUT2D eigenvalue weighted by Gasteiger charge is -2.32. The third-order valence-electron chi connectivity index (χ3n) is 4.47. The standard InChI is InChI=1S/C19H22FN3O3S.ClH/c1-13-11-16(20)5-8-18(13)27(25,26)22-17-6-3-15(4-7-17)19(24)23-10-9-21-14(2)12-23;/h3-8,11,14,21-22H,9-10,12H2,1-2H3;1H. The van der Waals surface area contributed by atoms with Crippen molar-refractivity contribution in [2.45, 2.75) is 24.8 Å². The van der Waals surface area contributed by atoms with Crippen LogP contribution in [-0.4, -0.2) is 44.9 Å². The molecule has 1 aliphatic rings. The van der Waals surface area contributed by atoms with Gasteiger partial charge in [0.05, 0.1) is 4.90 Å². The van der Waals surface area contributed by atoms with E-state index in [9.17, 15) is 17.6 Å². The predicted molar refractivity (Wildman–Crippen MR) is 109 cm³/mol. The first-order chi connectivity index (χ1) is 12.8. The quantitative estimate of drug-likeness (QED) is 0.786. The maximum absolute atomic E-state index is 13.2. The molecule has 0 saturated carbocycles. The number of amides is 1. The largest absolute Gasteiger partial charge is 0.336 e. The SMILES string of the molecule is Cc1cc(F)ccc1S(=O)(=O)Nc1ccc(C(=O)N2CCNC(C)C2)cc1.Cl. The minimum atomic E-state index is -3.84. The summed E-state index contributed by atoms with van der Waals surface area (Å²) in [5.74, 6) is -0.566. The third kappa shape index (κ3) is 5.01. The molecule has 28 heavy (non-hydrogen) atoms. The summed E-state index contributed by atoms with van der Waals surface area (Å²) in [6.45, 7) is 5.59. The lowest BCUT2D eigenvalue weighted by Crippen LogP contribution is -2.51. The summed E-state index contributed by atoms with van der Waals surface area (Å²) in [5.41, 5.74) is 1.16. The van der Waals surface area contributed by atoms with E-state index >= 15 is 0 Å². The second-order valence-electron chi connectivity index (χ2n) is 6.70. The van der Waals surface area contributed by atoms with Gasteiger partial charge in [0.2, 0.25) is 0 Å². The van der Waals surface area contributed by atoms with Crippen molar-refractivity contribution in [1.29, 1.82) is 0 Å². The van der Waals surface area contributed by atoms with E-state index in [1.807, 2.05) is 6.92 Å². The molecule has 1 amide bonds. The summed E-state index contributed by atoms with van der Waals surface area (Å²) < 4.78 is 40.7. The van der Waals surface area contributed by atoms with Crippen LogP contribution in [0.4, 0.5) is 10.1 Å². The minimum Gasteiger partial charge on any atom is -0.336 e. The van der Waals surface area contributed by atoms with Gasteiger partial charge >= 0.3 is 0 Å². The van der Waals surface area contributed by atoms with Gasteiger partial charge in [-0.3, -0.25) is 9.52 Å². The summed E-state index contributed by atoms with van der Waals surface area (Å²) in [6, 6.07) is 10.1. The molecule has 1 aliphatic heterocycles. The Kier molecular flexibility index (Phi) is 7.03. The number of aryl methyl sites for hydroxylation is 1. The zero-order chi connectivity index (χ0) is 19.6. The normalized spacial score (nSPS) is 17.0. The lowest BCUT2D eigenvalue weighted by atomic mass is 10.1. The van der Waals surface area contributed by atoms with Gasteiger partial charge in [-0.25, -0.2) is 12.8 Å². The van der Waals surface area contributed by atoms with Crippen molar-refractivity contribution in [3.63, 3.8) is 0 Å². The molecule has 2 aromatic rings. The van der Waals surface area contributed by atoms with Crippen LogP contribution in [0, 0.1) is 12.7 Å². The Hall–Kier alpha value is -2.16. The van der Waals surface area contributed by atoms with Crippen LogP contribution in [-0.2, 0) is 10.0 Å². The Bertz CT molecular complexity index is 951. The van der Waals surface area contributed by atoms with E-state index in [0.29, 0.717) is 29.9 Å². The highest BCUT2D eigenvalue weighted by Gasteiger charge is 2.22. The van der Waals surface area contributed by atoms with Crippen molar-refractivity contribution in [3.05, 3.63) is 59.4 Å². The van der Waals surface area contributed by atoms with Gasteiger partial charge in [0.1, 0.15) is 5.82 Å². The first-order valence-electron chi connectivity index (χ1n) is 8.68. The van der Waals surface area contributed by atoms with E-state index in [1.54, 1.807) is 29.2 Å². The number of carbonyl (C=O) groups excluding carboxylic acids is 1. The molecule has 2 aromatic carbocycles. The van der Waals surface area contributed by atoms with Crippen molar-refractivity contribution >= 4 is 34.0 Å². The smallest absolute Gasteiger partial charge is 0.262 e. The fourth-order valence-corrected chi connectivity index (χ4v) is 4.39. The number of anilines is 1. The van der Waals surface area contributed by atoms with Gasteiger partial charge in [-0.2, -0.15) is 0 Å². The number of sulfonamides is 1. The number of hydrogen-bond donors (Lipinski definition) is 2. The average molecular weight is 428 g/mol. The van der Waals surface area contributed by atoms with Gasteiger partial charge in [0.15, 0.2) is 0 Å². The van der Waals surface area contributed by atoms with Gasteiger partial charge < -0.3 is 10.2 Å². The molecule has 6 nitrogen and oxygen atoms in total. The Morgan fingerprint density at radius 2 is 1.89 bits per heavy atom. The van der Waals surface area contributed by atoms with Crippen LogP contribution in [0.2, 0.25) is 0 Å². The van der Waals surface area contributed by atoms with E-state index in [-0.39, 0.29) is 29.3 Å². The number of benzene rings is 2. The molecule has 9 heteroatoms. The average Bonchev–Trinajstić information content (AvgIpc) is 2.61. The van der Waals surface area contributed by atoms with E-state index in [4.69, 9.17) is 0 Å². The molecule has 0 spiro atoms. The molecule has 1 fully saturated rings. The van der Waals surface area contributed by atoms with Gasteiger partial charge in [0, 0.05) is 36.9 Å². The van der Waals surface area contributed by atoms with Crippen molar-refractivity contribution < 1.29 is 17.6 Å². The topological polar surface area (TPSA) is 78.5 Å². The predicted octanol–water partition coefficient (Wildman–Crippen LogP) is 2.79. The van der Waals surface area contributed by atoms with Crippen molar-refractivity contribution in [1.82, 2.24) is 10.2 Å². The summed E-state index contributed by atoms with van der Waals surface area (Å²) in [5, 5.41) is 3.28. The van der Waals surface area contributed by atoms with Crippen LogP contribution < -0.4 is 10.0 Å². The Morgan fingerprint density at radius 1 is 1.21 bits per heavy atom. The molecule has 152 valence electrons. The van der Waals surface area contributed by atoms with Gasteiger partial charge in [-0.15, -0.1) is 12.4 Å². The van der Waals surface area contributed by atoms with E-state index < -0.39 is 15.8 Å². The highest BCUT2D eigenvalue weighted by Crippen LogP contribution is 2.21. The molecule has 3 rings (SSSR count). The van der Waals surface area contributed by atoms with Gasteiger partial charge in [0.25, 0.3) is 15.9 Å². The Balaban J connectivity index is 0.00000280. The molecule has 2 N–H and O–H groups in total. The van der Waals surface area contributed by atoms with Crippen LogP contribution >= 0.6 is 12.4 Å². The molecule has 1 atom stereocenters. The maximum atomic E-state index is 13.2. The first-order valence-corrected chi connectivity index (χ1v) is 10.2. The highest BCUT2D eigenvalue weighted by atomic mass is 35.5. The second-order valence-corrected chi connectivity index (χ2v) is 8.35. The number of nitrogens with zero attached hydrogens (tertiary/aromatic N) is 1. The summed E-state index contributed by atoms with van der Waals surface area (Å²) in [6.07, 6.45) is 0. The number of halogens is 2. The molecular weight excluding hydrogens is 405 g/mol. The minimum absolute atomic E-state index is 0. The second kappa shape index (κ2) is 8.89. The fourth-order valence-electron chi connectivity index (χ4n) is 3.10. The number of nitrogens with one attached hydrogen (secondary N) is 2. The molecule has 1 unspecified atom stereocenters. The molecule has 1 heterocycles. The monoisotopic (exact) mass is 427 g/mol. The first kappa shape index (κ1) is 22.1. The summed E-state index contributed by atoms with van der Waals surface area (Å²) >= 11 is 0. The zero-order valence-electron chi connectivity index (χ0n) is 15.6. The van der Waals surface area contributed by atoms with Crippen LogP contribution in [0.3, 0.4) is 0 Å². The van der Waals surface area contributed by atoms with Crippen LogP contribution in [0.5, 0.6) is 0 Å². The number of rotatable bonds is 4. The van der Waals surface area contributed by atoms with Crippen LogP contribution in [0.1, 0.15) is 22.8 Å². The number of hydrogen-bond acceptors (Lipinski definition) is 4. The molecule has 1 saturated heterocycles. The summed E-state index contributed by atoms with van der Waals surface area (Å²) in [7, 11) is -3.84. The van der Waals surface area contributed by atoms with E-state index in [1.165, 1.54) is 19.1 Å². The molecule has 0 bridgehead atoms. The maximum Gasteiger partial charge on any atom is 0.262 e. The van der Waals surface area contributed by atoms with Crippen LogP contribution in [0.25, 0.3) is 0 Å². The lowest BCUT2D eigenvalue weighted by molar-refractivity contribution is 0.0709. The van der Waals surface area contributed by atoms with Crippen molar-refractivity contribution in [2.24, 2.45) is 0 Å². The molecule has 0 radical (unpaired) electrons. The Labute approximate surface area is 170 Å². The molecule has 0 aromatic heterocycles. The van der Waals surface area contributed by atoms with Gasteiger partial charge in [-0.1, -0.05) is 0 Å². The number of carbonyl (C=O) groups is 1. The Morgan fingerprint density at radius 3 is 2.50 bits per heavy atom. The third-order valence-corrected chi connectivity index (χ3v) is 6.01.